The SMILES string of the molecule is CCn1cc(C(=O)O)c(=O)c2cc(F)c(N3CCN(C)CC3)cc21.[Mn+2].c1c[nH]cn1. The van der Waals surface area contributed by atoms with Gasteiger partial charge in [-0.05, 0) is 26.1 Å². The number of carboxylic acids is 1. The summed E-state index contributed by atoms with van der Waals surface area (Å²) < 4.78 is 16.3. The number of pyridine rings is 1. The van der Waals surface area contributed by atoms with E-state index in [1.54, 1.807) is 29.4 Å². The van der Waals surface area contributed by atoms with Crippen molar-refractivity contribution in [1.29, 1.82) is 0 Å². The van der Waals surface area contributed by atoms with E-state index in [9.17, 15) is 19.1 Å². The molecule has 0 bridgehead atoms. The summed E-state index contributed by atoms with van der Waals surface area (Å²) in [6.45, 7) is 5.45. The number of likely N-dealkylation sites (N-methyl/N-ethyl adjacent to an activating group) is 1. The standard InChI is InChI=1S/C17H20FN3O3.C3H4N2.Mn/c1-3-20-10-12(17(23)24)16(22)11-8-13(18)15(9-14(11)20)21-6-4-19(2)5-7-21;1-2-5-3-4-1;/h8-10H,3-7H2,1-2H3,(H,23,24);1-3H,(H,4,5);/q;;+2. The quantitative estimate of drug-likeness (QED) is 0.586. The predicted molar refractivity (Wildman–Crippen MR) is 109 cm³/mol. The molecule has 0 aliphatic carbocycles. The van der Waals surface area contributed by atoms with Crippen LogP contribution in [0.5, 0.6) is 0 Å². The fraction of sp³-hybridized carbons (Fsp3) is 0.350. The van der Waals surface area contributed by atoms with Gasteiger partial charge in [0.25, 0.3) is 0 Å². The third kappa shape index (κ3) is 5.08. The molecule has 159 valence electrons. The number of aromatic carboxylic acids is 1. The first-order valence-electron chi connectivity index (χ1n) is 9.38. The minimum atomic E-state index is -1.30. The second-order valence-corrected chi connectivity index (χ2v) is 6.83. The number of aromatic nitrogens is 3. The summed E-state index contributed by atoms with van der Waals surface area (Å²) >= 11 is 0. The first kappa shape index (κ1) is 23.6. The second kappa shape index (κ2) is 10.4. The number of halogens is 1. The Bertz CT molecular complexity index is 1030. The summed E-state index contributed by atoms with van der Waals surface area (Å²) in [5, 5.41) is 9.28. The monoisotopic (exact) mass is 456 g/mol. The average molecular weight is 456 g/mol. The van der Waals surface area contributed by atoms with Crippen molar-refractivity contribution in [2.24, 2.45) is 0 Å². The molecule has 0 amide bonds. The van der Waals surface area contributed by atoms with Crippen LogP contribution in [-0.2, 0) is 23.6 Å². The third-order valence-corrected chi connectivity index (χ3v) is 4.97. The largest absolute Gasteiger partial charge is 2.00 e. The summed E-state index contributed by atoms with van der Waals surface area (Å²) in [4.78, 5) is 34.1. The zero-order valence-corrected chi connectivity index (χ0v) is 18.0. The van der Waals surface area contributed by atoms with Gasteiger partial charge in [-0.2, -0.15) is 0 Å². The molecule has 8 nitrogen and oxygen atoms in total. The van der Waals surface area contributed by atoms with Crippen molar-refractivity contribution in [1.82, 2.24) is 19.4 Å². The second-order valence-electron chi connectivity index (χ2n) is 6.83. The van der Waals surface area contributed by atoms with Crippen molar-refractivity contribution < 1.29 is 31.4 Å². The summed E-state index contributed by atoms with van der Waals surface area (Å²) in [6, 6.07) is 2.83. The Morgan fingerprint density at radius 3 is 2.47 bits per heavy atom. The number of rotatable bonds is 3. The number of hydrogen-bond donors (Lipinski definition) is 2. The summed E-state index contributed by atoms with van der Waals surface area (Å²) in [6.07, 6.45) is 6.42. The Balaban J connectivity index is 0.000000468. The van der Waals surface area contributed by atoms with Gasteiger partial charge in [-0.25, -0.2) is 14.2 Å². The molecule has 2 aromatic heterocycles. The van der Waals surface area contributed by atoms with E-state index in [1.165, 1.54) is 12.3 Å². The minimum absolute atomic E-state index is 0. The van der Waals surface area contributed by atoms with Crippen molar-refractivity contribution in [2.45, 2.75) is 13.5 Å². The van der Waals surface area contributed by atoms with Crippen molar-refractivity contribution in [3.05, 3.63) is 58.7 Å². The first-order chi connectivity index (χ1) is 13.9. The van der Waals surface area contributed by atoms with Crippen LogP contribution in [0.3, 0.4) is 0 Å². The number of aryl methyl sites for hydroxylation is 1. The molecule has 1 radical (unpaired) electrons. The van der Waals surface area contributed by atoms with Gasteiger partial charge >= 0.3 is 23.0 Å². The van der Waals surface area contributed by atoms with Gasteiger partial charge in [-0.1, -0.05) is 0 Å². The van der Waals surface area contributed by atoms with E-state index >= 15 is 0 Å². The molecule has 0 spiro atoms. The van der Waals surface area contributed by atoms with Crippen molar-refractivity contribution in [3.8, 4) is 0 Å². The maximum atomic E-state index is 14.6. The number of fused-ring (bicyclic) bond motifs is 1. The number of nitrogens with one attached hydrogen (secondary N) is 1. The van der Waals surface area contributed by atoms with Crippen molar-refractivity contribution >= 4 is 22.6 Å². The average Bonchev–Trinajstić information content (AvgIpc) is 3.29. The van der Waals surface area contributed by atoms with Crippen LogP contribution in [-0.4, -0.2) is 63.7 Å². The van der Waals surface area contributed by atoms with E-state index in [2.05, 4.69) is 14.9 Å². The maximum absolute atomic E-state index is 14.6. The van der Waals surface area contributed by atoms with Gasteiger partial charge in [0.15, 0.2) is 0 Å². The smallest absolute Gasteiger partial charge is 0.477 e. The third-order valence-electron chi connectivity index (χ3n) is 4.97. The first-order valence-corrected chi connectivity index (χ1v) is 9.38. The molecule has 1 aliphatic heterocycles. The molecule has 0 atom stereocenters. The van der Waals surface area contributed by atoms with Crippen LogP contribution in [0.1, 0.15) is 17.3 Å². The Kier molecular flexibility index (Phi) is 8.16. The van der Waals surface area contributed by atoms with E-state index < -0.39 is 17.2 Å². The normalized spacial score (nSPS) is 14.0. The van der Waals surface area contributed by atoms with Gasteiger partial charge in [0.05, 0.1) is 17.5 Å². The molecule has 0 unspecified atom stereocenters. The molecule has 0 saturated carbocycles. The Hall–Kier alpha value is -2.68. The van der Waals surface area contributed by atoms with Crippen molar-refractivity contribution in [3.63, 3.8) is 0 Å². The fourth-order valence-corrected chi connectivity index (χ4v) is 3.32. The predicted octanol–water partition coefficient (Wildman–Crippen LogP) is 2.02. The number of anilines is 1. The molecule has 1 fully saturated rings. The zero-order valence-electron chi connectivity index (χ0n) is 16.8. The minimum Gasteiger partial charge on any atom is -0.477 e. The van der Waals surface area contributed by atoms with Crippen molar-refractivity contribution in [2.75, 3.05) is 38.1 Å². The van der Waals surface area contributed by atoms with E-state index in [4.69, 9.17) is 0 Å². The van der Waals surface area contributed by atoms with Crippen LogP contribution in [0.2, 0.25) is 0 Å². The van der Waals surface area contributed by atoms with Gasteiger partial charge in [0.2, 0.25) is 5.43 Å². The molecule has 10 heteroatoms. The molecule has 1 aliphatic rings. The van der Waals surface area contributed by atoms with Gasteiger partial charge in [-0.3, -0.25) is 4.79 Å². The number of hydrogen-bond acceptors (Lipinski definition) is 5. The molecular formula is C20H24FMnN5O3+2. The Morgan fingerprint density at radius 1 is 1.27 bits per heavy atom. The molecule has 30 heavy (non-hydrogen) atoms. The number of H-pyrrole nitrogens is 1. The van der Waals surface area contributed by atoms with Crippen LogP contribution in [0.4, 0.5) is 10.1 Å². The topological polar surface area (TPSA) is 94.5 Å². The van der Waals surface area contributed by atoms with E-state index in [0.717, 1.165) is 13.1 Å². The molecule has 3 heterocycles. The number of carboxylic acid groups (broad SMARTS) is 1. The van der Waals surface area contributed by atoms with E-state index in [1.807, 2.05) is 18.9 Å². The van der Waals surface area contributed by atoms with Crippen LogP contribution in [0.25, 0.3) is 10.9 Å². The van der Waals surface area contributed by atoms with Gasteiger partial charge in [-0.15, -0.1) is 0 Å². The molecule has 4 rings (SSSR count). The van der Waals surface area contributed by atoms with E-state index in [0.29, 0.717) is 30.8 Å². The van der Waals surface area contributed by atoms with E-state index in [-0.39, 0.29) is 28.0 Å². The van der Waals surface area contributed by atoms with Gasteiger partial charge in [0, 0.05) is 56.7 Å². The molecular weight excluding hydrogens is 432 g/mol. The number of benzene rings is 1. The maximum Gasteiger partial charge on any atom is 2.00 e. The van der Waals surface area contributed by atoms with Gasteiger partial charge in [0.1, 0.15) is 11.4 Å². The number of aromatic amines is 1. The fourth-order valence-electron chi connectivity index (χ4n) is 3.32. The summed E-state index contributed by atoms with van der Waals surface area (Å²) in [7, 11) is 2.02. The summed E-state index contributed by atoms with van der Waals surface area (Å²) in [5.74, 6) is -1.79. The molecule has 3 aromatic rings. The summed E-state index contributed by atoms with van der Waals surface area (Å²) in [5.41, 5.74) is 0.0326. The van der Waals surface area contributed by atoms with Gasteiger partial charge < -0.3 is 24.5 Å². The zero-order chi connectivity index (χ0) is 21.0. The van der Waals surface area contributed by atoms with Crippen LogP contribution in [0.15, 0.2) is 41.8 Å². The molecule has 2 N–H and O–H groups in total. The number of imidazole rings is 1. The molecule has 1 saturated heterocycles. The number of nitrogens with zero attached hydrogens (tertiary/aromatic N) is 4. The molecule has 1 aromatic carbocycles. The van der Waals surface area contributed by atoms with Crippen LogP contribution in [0, 0.1) is 5.82 Å². The van der Waals surface area contributed by atoms with Crippen LogP contribution < -0.4 is 10.3 Å². The Morgan fingerprint density at radius 2 is 1.97 bits per heavy atom. The Labute approximate surface area is 183 Å². The number of carbonyl (C=O) groups is 1. The number of piperazine rings is 1. The van der Waals surface area contributed by atoms with Crippen LogP contribution >= 0.6 is 0 Å².